The van der Waals surface area contributed by atoms with Gasteiger partial charge in [-0.15, -0.1) is 0 Å². The second-order valence-corrected chi connectivity index (χ2v) is 7.52. The lowest BCUT2D eigenvalue weighted by atomic mass is 9.91. The van der Waals surface area contributed by atoms with Gasteiger partial charge in [-0.2, -0.15) is 0 Å². The molecule has 1 amide bonds. The van der Waals surface area contributed by atoms with E-state index >= 15 is 0 Å². The normalized spacial score (nSPS) is 23.1. The fourth-order valence-corrected chi connectivity index (χ4v) is 3.56. The molecule has 1 unspecified atom stereocenters. The van der Waals surface area contributed by atoms with Gasteiger partial charge in [-0.05, 0) is 30.2 Å². The van der Waals surface area contributed by atoms with Crippen LogP contribution in [0.5, 0.6) is 0 Å². The Bertz CT molecular complexity index is 715. The van der Waals surface area contributed by atoms with Crippen LogP contribution in [0.2, 0.25) is 0 Å². The quantitative estimate of drug-likeness (QED) is 0.849. The lowest BCUT2D eigenvalue weighted by Crippen LogP contribution is -2.50. The van der Waals surface area contributed by atoms with Crippen molar-refractivity contribution in [3.05, 3.63) is 70.2 Å². The smallest absolute Gasteiger partial charge is 0.247 e. The highest BCUT2D eigenvalue weighted by Crippen LogP contribution is 2.30. The maximum atomic E-state index is 13.0. The first-order valence-electron chi connectivity index (χ1n) is 8.04. The summed E-state index contributed by atoms with van der Waals surface area (Å²) in [6, 6.07) is 17.6. The van der Waals surface area contributed by atoms with Crippen molar-refractivity contribution in [3.8, 4) is 0 Å². The van der Waals surface area contributed by atoms with Gasteiger partial charge in [0.15, 0.2) is 0 Å². The molecule has 0 aromatic heterocycles. The number of nitrogens with two attached hydrogens (primary N) is 2. The third-order valence-electron chi connectivity index (χ3n) is 4.77. The van der Waals surface area contributed by atoms with Crippen LogP contribution >= 0.6 is 15.9 Å². The summed E-state index contributed by atoms with van der Waals surface area (Å²) >= 11 is 3.40. The SMILES string of the molecule is CC(N)(C(=O)N1C[C@@H](N)[C@H](c2ccccc2)C1)c1ccc(Br)cc1. The molecule has 0 bridgehead atoms. The molecule has 0 saturated carbocycles. The first kappa shape index (κ1) is 17.1. The van der Waals surface area contributed by atoms with Crippen molar-refractivity contribution in [3.63, 3.8) is 0 Å². The summed E-state index contributed by atoms with van der Waals surface area (Å²) in [5.74, 6) is 0.0644. The second kappa shape index (κ2) is 6.67. The van der Waals surface area contributed by atoms with Crippen molar-refractivity contribution in [1.82, 2.24) is 4.90 Å². The first-order valence-corrected chi connectivity index (χ1v) is 8.83. The molecule has 24 heavy (non-hydrogen) atoms. The van der Waals surface area contributed by atoms with Gasteiger partial charge in [-0.3, -0.25) is 4.79 Å². The Balaban J connectivity index is 1.79. The molecule has 2 aromatic rings. The van der Waals surface area contributed by atoms with Crippen LogP contribution in [0.15, 0.2) is 59.1 Å². The fourth-order valence-electron chi connectivity index (χ4n) is 3.30. The van der Waals surface area contributed by atoms with Crippen molar-refractivity contribution in [2.24, 2.45) is 11.5 Å². The standard InChI is InChI=1S/C19H22BrN3O/c1-19(22,14-7-9-15(20)10-8-14)18(24)23-11-16(17(21)12-23)13-5-3-2-4-6-13/h2-10,16-17H,11-12,21-22H2,1H3/t16-,17+,19?/m0/s1. The minimum atomic E-state index is -1.06. The third kappa shape index (κ3) is 3.24. The monoisotopic (exact) mass is 387 g/mol. The van der Waals surface area contributed by atoms with Gasteiger partial charge in [0.05, 0.1) is 0 Å². The van der Waals surface area contributed by atoms with E-state index in [2.05, 4.69) is 28.1 Å². The van der Waals surface area contributed by atoms with Crippen LogP contribution in [-0.2, 0) is 10.3 Å². The number of benzene rings is 2. The topological polar surface area (TPSA) is 72.4 Å². The minimum Gasteiger partial charge on any atom is -0.339 e. The van der Waals surface area contributed by atoms with Gasteiger partial charge < -0.3 is 16.4 Å². The van der Waals surface area contributed by atoms with E-state index < -0.39 is 5.54 Å². The van der Waals surface area contributed by atoms with Gasteiger partial charge >= 0.3 is 0 Å². The van der Waals surface area contributed by atoms with Gasteiger partial charge in [0.1, 0.15) is 5.54 Å². The Morgan fingerprint density at radius 2 is 1.75 bits per heavy atom. The lowest BCUT2D eigenvalue weighted by Gasteiger charge is -2.29. The first-order chi connectivity index (χ1) is 11.4. The van der Waals surface area contributed by atoms with E-state index in [-0.39, 0.29) is 17.9 Å². The molecule has 4 nitrogen and oxygen atoms in total. The summed E-state index contributed by atoms with van der Waals surface area (Å²) in [4.78, 5) is 14.8. The molecule has 1 aliphatic heterocycles. The van der Waals surface area contributed by atoms with E-state index in [4.69, 9.17) is 11.5 Å². The molecule has 0 aliphatic carbocycles. The molecule has 1 fully saturated rings. The summed E-state index contributed by atoms with van der Waals surface area (Å²) in [5.41, 5.74) is 13.6. The largest absolute Gasteiger partial charge is 0.339 e. The van der Waals surface area contributed by atoms with Crippen LogP contribution in [0, 0.1) is 0 Å². The van der Waals surface area contributed by atoms with Crippen LogP contribution in [0.1, 0.15) is 24.0 Å². The highest BCUT2D eigenvalue weighted by molar-refractivity contribution is 9.10. The predicted molar refractivity (Wildman–Crippen MR) is 99.4 cm³/mol. The zero-order chi connectivity index (χ0) is 17.3. The van der Waals surface area contributed by atoms with Crippen molar-refractivity contribution in [2.75, 3.05) is 13.1 Å². The maximum Gasteiger partial charge on any atom is 0.247 e. The number of likely N-dealkylation sites (tertiary alicyclic amines) is 1. The molecule has 126 valence electrons. The number of carbonyl (C=O) groups excluding carboxylic acids is 1. The Hall–Kier alpha value is -1.69. The van der Waals surface area contributed by atoms with Crippen molar-refractivity contribution in [1.29, 1.82) is 0 Å². The maximum absolute atomic E-state index is 13.0. The van der Waals surface area contributed by atoms with Crippen molar-refractivity contribution >= 4 is 21.8 Å². The molecule has 2 aromatic carbocycles. The Labute approximate surface area is 151 Å². The summed E-state index contributed by atoms with van der Waals surface area (Å²) in [6.07, 6.45) is 0. The van der Waals surface area contributed by atoms with E-state index in [1.807, 2.05) is 42.5 Å². The molecule has 1 heterocycles. The van der Waals surface area contributed by atoms with E-state index in [9.17, 15) is 4.79 Å². The number of amides is 1. The summed E-state index contributed by atoms with van der Waals surface area (Å²) in [5, 5.41) is 0. The molecule has 3 rings (SSSR count). The fraction of sp³-hybridized carbons (Fsp3) is 0.316. The van der Waals surface area contributed by atoms with E-state index in [0.717, 1.165) is 10.0 Å². The Morgan fingerprint density at radius 3 is 2.38 bits per heavy atom. The predicted octanol–water partition coefficient (Wildman–Crippen LogP) is 2.58. The third-order valence-corrected chi connectivity index (χ3v) is 5.30. The van der Waals surface area contributed by atoms with Crippen molar-refractivity contribution in [2.45, 2.75) is 24.4 Å². The van der Waals surface area contributed by atoms with Crippen LogP contribution < -0.4 is 11.5 Å². The number of halogens is 1. The molecule has 3 atom stereocenters. The van der Waals surface area contributed by atoms with Crippen LogP contribution in [0.25, 0.3) is 0 Å². The summed E-state index contributed by atoms with van der Waals surface area (Å²) < 4.78 is 0.960. The molecule has 1 aliphatic rings. The number of rotatable bonds is 3. The Morgan fingerprint density at radius 1 is 1.12 bits per heavy atom. The van der Waals surface area contributed by atoms with Crippen LogP contribution in [-0.4, -0.2) is 29.9 Å². The number of hydrogen-bond acceptors (Lipinski definition) is 3. The van der Waals surface area contributed by atoms with E-state index in [0.29, 0.717) is 13.1 Å². The van der Waals surface area contributed by atoms with E-state index in [1.54, 1.807) is 11.8 Å². The molecule has 0 spiro atoms. The molecule has 0 radical (unpaired) electrons. The average molecular weight is 388 g/mol. The average Bonchev–Trinajstić information content (AvgIpc) is 2.97. The number of nitrogens with zero attached hydrogens (tertiary/aromatic N) is 1. The molecule has 5 heteroatoms. The number of hydrogen-bond donors (Lipinski definition) is 2. The summed E-state index contributed by atoms with van der Waals surface area (Å²) in [6.45, 7) is 2.90. The second-order valence-electron chi connectivity index (χ2n) is 6.60. The molecular formula is C19H22BrN3O. The van der Waals surface area contributed by atoms with Gasteiger partial charge in [0.2, 0.25) is 5.91 Å². The van der Waals surface area contributed by atoms with Crippen LogP contribution in [0.4, 0.5) is 0 Å². The van der Waals surface area contributed by atoms with E-state index in [1.165, 1.54) is 5.56 Å². The number of carbonyl (C=O) groups is 1. The van der Waals surface area contributed by atoms with Crippen LogP contribution in [0.3, 0.4) is 0 Å². The summed E-state index contributed by atoms with van der Waals surface area (Å²) in [7, 11) is 0. The molecule has 1 saturated heterocycles. The van der Waals surface area contributed by atoms with Crippen molar-refractivity contribution < 1.29 is 4.79 Å². The Kier molecular flexibility index (Phi) is 4.76. The van der Waals surface area contributed by atoms with Gasteiger partial charge in [0.25, 0.3) is 0 Å². The zero-order valence-electron chi connectivity index (χ0n) is 13.7. The molecule has 4 N–H and O–H groups in total. The van der Waals surface area contributed by atoms with Gasteiger partial charge in [0, 0.05) is 29.5 Å². The lowest BCUT2D eigenvalue weighted by molar-refractivity contribution is -0.135. The molecular weight excluding hydrogens is 366 g/mol. The minimum absolute atomic E-state index is 0.0722. The van der Waals surface area contributed by atoms with Gasteiger partial charge in [-0.25, -0.2) is 0 Å². The zero-order valence-corrected chi connectivity index (χ0v) is 15.2. The highest BCUT2D eigenvalue weighted by Gasteiger charge is 2.40. The highest BCUT2D eigenvalue weighted by atomic mass is 79.9. The van der Waals surface area contributed by atoms with Gasteiger partial charge in [-0.1, -0.05) is 58.4 Å².